The highest BCUT2D eigenvalue weighted by atomic mass is 35.5. The average molecular weight is 364 g/mol. The van der Waals surface area contributed by atoms with E-state index in [-0.39, 0.29) is 24.8 Å². The normalized spacial score (nSPS) is 36.7. The van der Waals surface area contributed by atoms with Crippen LogP contribution in [0.4, 0.5) is 0 Å². The van der Waals surface area contributed by atoms with Crippen LogP contribution in [0, 0.1) is 17.8 Å². The van der Waals surface area contributed by atoms with Gasteiger partial charge in [0, 0.05) is 24.5 Å². The topological polar surface area (TPSA) is 44.4 Å². The molecule has 3 aliphatic heterocycles. The van der Waals surface area contributed by atoms with Gasteiger partial charge in [0.05, 0.1) is 0 Å². The van der Waals surface area contributed by atoms with Crippen LogP contribution in [0.5, 0.6) is 0 Å². The molecule has 3 saturated heterocycles. The van der Waals surface area contributed by atoms with Gasteiger partial charge in [0.15, 0.2) is 0 Å². The van der Waals surface area contributed by atoms with Crippen molar-refractivity contribution in [3.05, 3.63) is 0 Å². The Balaban J connectivity index is 0.000000960. The van der Waals surface area contributed by atoms with Crippen molar-refractivity contribution in [1.82, 2.24) is 15.5 Å². The van der Waals surface area contributed by atoms with Gasteiger partial charge in [-0.2, -0.15) is 0 Å². The van der Waals surface area contributed by atoms with Crippen LogP contribution in [-0.2, 0) is 4.79 Å². The number of nitrogens with one attached hydrogen (secondary N) is 2. The third kappa shape index (κ3) is 3.81. The lowest BCUT2D eigenvalue weighted by atomic mass is 9.72. The van der Waals surface area contributed by atoms with Gasteiger partial charge < -0.3 is 10.6 Å². The Morgan fingerprint density at radius 3 is 2.57 bits per heavy atom. The maximum absolute atomic E-state index is 12.2. The molecule has 4 aliphatic rings. The van der Waals surface area contributed by atoms with Crippen molar-refractivity contribution < 1.29 is 4.79 Å². The van der Waals surface area contributed by atoms with E-state index < -0.39 is 0 Å². The van der Waals surface area contributed by atoms with Crippen molar-refractivity contribution in [2.24, 2.45) is 17.8 Å². The fraction of sp³-hybridized carbons (Fsp3) is 0.941. The van der Waals surface area contributed by atoms with Crippen LogP contribution < -0.4 is 10.6 Å². The highest BCUT2D eigenvalue weighted by Gasteiger charge is 2.45. The van der Waals surface area contributed by atoms with Crippen LogP contribution in [0.25, 0.3) is 0 Å². The first kappa shape index (κ1) is 19.3. The minimum absolute atomic E-state index is 0. The van der Waals surface area contributed by atoms with Crippen LogP contribution >= 0.6 is 24.8 Å². The van der Waals surface area contributed by atoms with E-state index in [1.54, 1.807) is 0 Å². The lowest BCUT2D eigenvalue weighted by Gasteiger charge is -2.55. The zero-order valence-electron chi connectivity index (χ0n) is 13.8. The SMILES string of the molecule is Cl.Cl.O=C(NC[C@H]1[C@@H]2CNC[C@@H](C2)[C@@H]2CCCCN21)C1CCC1. The lowest BCUT2D eigenvalue weighted by molar-refractivity contribution is -0.128. The second-order valence-corrected chi connectivity index (χ2v) is 7.66. The molecule has 2 N–H and O–H groups in total. The lowest BCUT2D eigenvalue weighted by Crippen LogP contribution is -2.65. The Hall–Kier alpha value is -0.0300. The van der Waals surface area contributed by atoms with E-state index in [0.717, 1.165) is 43.8 Å². The molecule has 4 atom stereocenters. The highest BCUT2D eigenvalue weighted by Crippen LogP contribution is 2.38. The van der Waals surface area contributed by atoms with Gasteiger partial charge in [-0.3, -0.25) is 9.69 Å². The van der Waals surface area contributed by atoms with Crippen LogP contribution in [0.3, 0.4) is 0 Å². The summed E-state index contributed by atoms with van der Waals surface area (Å²) in [7, 11) is 0. The molecule has 4 rings (SSSR count). The van der Waals surface area contributed by atoms with Crippen LogP contribution in [0.2, 0.25) is 0 Å². The molecular weight excluding hydrogens is 333 g/mol. The Bertz CT molecular complexity index is 405. The van der Waals surface area contributed by atoms with E-state index in [2.05, 4.69) is 15.5 Å². The van der Waals surface area contributed by atoms with Crippen LogP contribution in [-0.4, -0.2) is 49.1 Å². The van der Waals surface area contributed by atoms with Crippen LogP contribution in [0.1, 0.15) is 44.9 Å². The molecule has 6 heteroatoms. The maximum atomic E-state index is 12.2. The minimum Gasteiger partial charge on any atom is -0.354 e. The first-order chi connectivity index (χ1) is 10.3. The van der Waals surface area contributed by atoms with Crippen molar-refractivity contribution in [3.8, 4) is 0 Å². The van der Waals surface area contributed by atoms with Gasteiger partial charge >= 0.3 is 0 Å². The van der Waals surface area contributed by atoms with Gasteiger partial charge in [0.25, 0.3) is 0 Å². The summed E-state index contributed by atoms with van der Waals surface area (Å²) in [6, 6.07) is 1.34. The first-order valence-corrected chi connectivity index (χ1v) is 9.07. The smallest absolute Gasteiger partial charge is 0.223 e. The quantitative estimate of drug-likeness (QED) is 0.807. The molecule has 0 aromatic carbocycles. The van der Waals surface area contributed by atoms with Crippen molar-refractivity contribution in [1.29, 1.82) is 0 Å². The van der Waals surface area contributed by atoms with Gasteiger partial charge in [0.2, 0.25) is 5.91 Å². The van der Waals surface area contributed by atoms with Crippen LogP contribution in [0.15, 0.2) is 0 Å². The molecule has 0 aromatic rings. The van der Waals surface area contributed by atoms with Crippen molar-refractivity contribution in [2.45, 2.75) is 57.0 Å². The van der Waals surface area contributed by atoms with Gasteiger partial charge in [0.1, 0.15) is 0 Å². The molecule has 4 fully saturated rings. The Morgan fingerprint density at radius 1 is 1.04 bits per heavy atom. The zero-order valence-corrected chi connectivity index (χ0v) is 15.5. The zero-order chi connectivity index (χ0) is 14.2. The number of nitrogens with zero attached hydrogens (tertiary/aromatic N) is 1. The molecule has 4 nitrogen and oxygen atoms in total. The minimum atomic E-state index is 0. The monoisotopic (exact) mass is 363 g/mol. The fourth-order valence-corrected chi connectivity index (χ4v) is 5.07. The molecule has 1 saturated carbocycles. The molecule has 2 bridgehead atoms. The number of carbonyl (C=O) groups excluding carboxylic acids is 1. The van der Waals surface area contributed by atoms with E-state index in [9.17, 15) is 4.79 Å². The molecule has 0 aromatic heterocycles. The first-order valence-electron chi connectivity index (χ1n) is 9.07. The summed E-state index contributed by atoms with van der Waals surface area (Å²) in [5.74, 6) is 2.23. The van der Waals surface area contributed by atoms with Gasteiger partial charge in [-0.1, -0.05) is 12.8 Å². The second-order valence-electron chi connectivity index (χ2n) is 7.66. The second kappa shape index (κ2) is 8.37. The summed E-state index contributed by atoms with van der Waals surface area (Å²) in [6.07, 6.45) is 8.93. The van der Waals surface area contributed by atoms with Gasteiger partial charge in [-0.15, -0.1) is 24.8 Å². The van der Waals surface area contributed by atoms with E-state index in [1.165, 1.54) is 45.2 Å². The van der Waals surface area contributed by atoms with E-state index >= 15 is 0 Å². The molecule has 134 valence electrons. The number of hydrogen-bond donors (Lipinski definition) is 2. The molecule has 1 amide bonds. The third-order valence-corrected chi connectivity index (χ3v) is 6.49. The highest BCUT2D eigenvalue weighted by molar-refractivity contribution is 5.85. The van der Waals surface area contributed by atoms with E-state index in [1.807, 2.05) is 0 Å². The molecular formula is C17H31Cl2N3O. The van der Waals surface area contributed by atoms with Crippen molar-refractivity contribution >= 4 is 30.7 Å². The number of carbonyl (C=O) groups is 1. The average Bonchev–Trinajstić information content (AvgIpc) is 2.46. The van der Waals surface area contributed by atoms with Gasteiger partial charge in [-0.05, 0) is 63.6 Å². The van der Waals surface area contributed by atoms with Crippen molar-refractivity contribution in [2.75, 3.05) is 26.2 Å². The molecule has 3 heterocycles. The summed E-state index contributed by atoms with van der Waals surface area (Å²) in [6.45, 7) is 4.48. The summed E-state index contributed by atoms with van der Waals surface area (Å²) < 4.78 is 0. The number of piperidine rings is 3. The molecule has 1 aliphatic carbocycles. The molecule has 0 spiro atoms. The largest absolute Gasteiger partial charge is 0.354 e. The molecule has 0 unspecified atom stereocenters. The summed E-state index contributed by atoms with van der Waals surface area (Å²) >= 11 is 0. The number of amides is 1. The number of rotatable bonds is 3. The Kier molecular flexibility index (Phi) is 7.02. The number of halogens is 2. The number of hydrogen-bond acceptors (Lipinski definition) is 3. The van der Waals surface area contributed by atoms with E-state index in [4.69, 9.17) is 0 Å². The third-order valence-electron chi connectivity index (χ3n) is 6.49. The number of fused-ring (bicyclic) bond motifs is 4. The summed E-state index contributed by atoms with van der Waals surface area (Å²) in [4.78, 5) is 14.9. The van der Waals surface area contributed by atoms with E-state index in [0.29, 0.717) is 17.9 Å². The summed E-state index contributed by atoms with van der Waals surface area (Å²) in [5, 5.41) is 6.93. The standard InChI is InChI=1S/C17H29N3O.2ClH/c21-17(12-4-3-5-12)19-11-16-14-8-13(9-18-10-14)15-6-1-2-7-20(15)16;;/h12-16,18H,1-11H2,(H,19,21);2*1H/t13-,14+,15+,16+;;/m1../s1. The molecule has 23 heavy (non-hydrogen) atoms. The maximum Gasteiger partial charge on any atom is 0.223 e. The Morgan fingerprint density at radius 2 is 1.83 bits per heavy atom. The van der Waals surface area contributed by atoms with Gasteiger partial charge in [-0.25, -0.2) is 0 Å². The molecule has 0 radical (unpaired) electrons. The predicted octanol–water partition coefficient (Wildman–Crippen LogP) is 2.21. The Labute approximate surface area is 152 Å². The van der Waals surface area contributed by atoms with Crippen molar-refractivity contribution in [3.63, 3.8) is 0 Å². The fourth-order valence-electron chi connectivity index (χ4n) is 5.07. The summed E-state index contributed by atoms with van der Waals surface area (Å²) in [5.41, 5.74) is 0. The predicted molar refractivity (Wildman–Crippen MR) is 97.4 cm³/mol.